The second-order valence-corrected chi connectivity index (χ2v) is 8.98. The van der Waals surface area contributed by atoms with Crippen molar-refractivity contribution in [2.45, 2.75) is 44.4 Å². The number of nitrogens with zero attached hydrogens (tertiary/aromatic N) is 5. The number of hydrogen-bond acceptors (Lipinski definition) is 8. The van der Waals surface area contributed by atoms with Gasteiger partial charge in [0.15, 0.2) is 5.75 Å². The number of aromatic amines is 1. The number of nitrogens with one attached hydrogen (secondary N) is 1. The molecule has 0 aromatic carbocycles. The Bertz CT molecular complexity index is 1080. The van der Waals surface area contributed by atoms with E-state index >= 15 is 0 Å². The number of halogens is 1. The molecule has 2 aliphatic heterocycles. The molecule has 4 rings (SSSR count). The molecule has 2 saturated heterocycles. The lowest BCUT2D eigenvalue weighted by Gasteiger charge is -2.37. The van der Waals surface area contributed by atoms with Gasteiger partial charge in [0.05, 0.1) is 18.4 Å². The zero-order valence-corrected chi connectivity index (χ0v) is 19.8. The average Bonchev–Trinajstić information content (AvgIpc) is 3.21. The first-order valence-electron chi connectivity index (χ1n) is 10.9. The number of likely N-dealkylation sites (tertiary alicyclic amines) is 1. The van der Waals surface area contributed by atoms with Crippen LogP contribution in [0.3, 0.4) is 0 Å². The van der Waals surface area contributed by atoms with E-state index in [1.165, 1.54) is 6.20 Å². The Balaban J connectivity index is 1.25. The quantitative estimate of drug-likeness (QED) is 0.590. The van der Waals surface area contributed by atoms with Crippen LogP contribution in [-0.4, -0.2) is 70.5 Å². The molecule has 2 atom stereocenters. The molecule has 0 unspecified atom stereocenters. The number of rotatable bonds is 7. The van der Waals surface area contributed by atoms with Crippen LogP contribution in [-0.2, 0) is 9.53 Å². The smallest absolute Gasteiger partial charge is 0.282 e. The summed E-state index contributed by atoms with van der Waals surface area (Å²) in [5.41, 5.74) is 0.173. The van der Waals surface area contributed by atoms with E-state index in [-0.39, 0.29) is 34.7 Å². The van der Waals surface area contributed by atoms with Gasteiger partial charge in [-0.15, -0.1) is 0 Å². The van der Waals surface area contributed by atoms with Crippen LogP contribution in [0, 0.1) is 11.3 Å². The van der Waals surface area contributed by atoms with Crippen LogP contribution >= 0.6 is 15.9 Å². The highest BCUT2D eigenvalue weighted by Crippen LogP contribution is 2.26. The van der Waals surface area contributed by atoms with Crippen molar-refractivity contribution in [3.8, 4) is 11.8 Å². The van der Waals surface area contributed by atoms with Gasteiger partial charge in [-0.2, -0.15) is 10.4 Å². The number of nitriles is 1. The van der Waals surface area contributed by atoms with Gasteiger partial charge in [-0.25, -0.2) is 10.1 Å². The molecule has 174 valence electrons. The number of carbonyl (C=O) groups excluding carboxylic acids is 1. The van der Waals surface area contributed by atoms with Gasteiger partial charge in [-0.1, -0.05) is 0 Å². The Morgan fingerprint density at radius 1 is 1.24 bits per heavy atom. The van der Waals surface area contributed by atoms with Crippen LogP contribution in [0.4, 0.5) is 5.82 Å². The van der Waals surface area contributed by atoms with E-state index in [1.54, 1.807) is 12.3 Å². The summed E-state index contributed by atoms with van der Waals surface area (Å²) < 4.78 is 11.9. The van der Waals surface area contributed by atoms with Gasteiger partial charge in [0.25, 0.3) is 11.5 Å². The minimum Gasteiger partial charge on any atom is -0.485 e. The molecule has 2 aromatic heterocycles. The van der Waals surface area contributed by atoms with Gasteiger partial charge in [0.2, 0.25) is 0 Å². The molecular formula is C22H25BrN6O4. The molecule has 11 heteroatoms. The predicted octanol–water partition coefficient (Wildman–Crippen LogP) is 1.85. The summed E-state index contributed by atoms with van der Waals surface area (Å²) in [5, 5.41) is 15.0. The molecular weight excluding hydrogens is 492 g/mol. The molecule has 10 nitrogen and oxygen atoms in total. The first kappa shape index (κ1) is 23.2. The predicted molar refractivity (Wildman–Crippen MR) is 123 cm³/mol. The van der Waals surface area contributed by atoms with E-state index in [4.69, 9.17) is 14.7 Å². The fourth-order valence-corrected chi connectivity index (χ4v) is 4.47. The summed E-state index contributed by atoms with van der Waals surface area (Å²) in [6, 6.07) is 5.91. The third kappa shape index (κ3) is 5.34. The summed E-state index contributed by atoms with van der Waals surface area (Å²) in [6.07, 6.45) is 4.56. The monoisotopic (exact) mass is 516 g/mol. The highest BCUT2D eigenvalue weighted by molar-refractivity contribution is 9.10. The van der Waals surface area contributed by atoms with Gasteiger partial charge < -0.3 is 19.3 Å². The second-order valence-electron chi connectivity index (χ2n) is 8.18. The molecule has 0 saturated carbocycles. The van der Waals surface area contributed by atoms with Gasteiger partial charge in [-0.05, 0) is 47.8 Å². The van der Waals surface area contributed by atoms with Crippen molar-refractivity contribution in [3.05, 3.63) is 44.9 Å². The minimum atomic E-state index is -0.477. The van der Waals surface area contributed by atoms with E-state index in [2.05, 4.69) is 42.1 Å². The molecule has 1 N–H and O–H groups in total. The molecule has 0 bridgehead atoms. The molecule has 0 aliphatic carbocycles. The number of pyridine rings is 1. The normalized spacial score (nSPS) is 20.0. The number of amides is 1. The minimum absolute atomic E-state index is 0.0242. The van der Waals surface area contributed by atoms with Gasteiger partial charge in [-0.3, -0.25) is 9.59 Å². The lowest BCUT2D eigenvalue weighted by Crippen LogP contribution is -2.47. The first-order valence-corrected chi connectivity index (χ1v) is 11.7. The Hall–Kier alpha value is -2.97. The van der Waals surface area contributed by atoms with Crippen LogP contribution in [0.5, 0.6) is 5.75 Å². The van der Waals surface area contributed by atoms with E-state index in [0.29, 0.717) is 24.3 Å². The van der Waals surface area contributed by atoms with Crippen molar-refractivity contribution in [2.24, 2.45) is 0 Å². The Morgan fingerprint density at radius 3 is 2.73 bits per heavy atom. The topological polar surface area (TPSA) is 124 Å². The molecule has 33 heavy (non-hydrogen) atoms. The maximum Gasteiger partial charge on any atom is 0.282 e. The van der Waals surface area contributed by atoms with Gasteiger partial charge in [0.1, 0.15) is 28.6 Å². The number of aromatic nitrogens is 3. The lowest BCUT2D eigenvalue weighted by molar-refractivity contribution is -0.140. The number of anilines is 1. The summed E-state index contributed by atoms with van der Waals surface area (Å²) in [4.78, 5) is 33.0. The van der Waals surface area contributed by atoms with Crippen molar-refractivity contribution in [2.75, 3.05) is 31.1 Å². The standard InChI is InChI=1S/C22H25BrN6O4/c1-14(33-18-12-26-27-21(30)20(18)23)13-32-17-6-9-29(22(17)31)16-4-7-28(8-5-16)19-3-2-15(10-24)11-25-19/h2-3,11-12,14,16-17H,4-9,13H2,1H3,(H,27,30)/t14-,17+/m0/s1. The third-order valence-corrected chi connectivity index (χ3v) is 6.67. The molecule has 4 heterocycles. The van der Waals surface area contributed by atoms with Crippen molar-refractivity contribution in [1.29, 1.82) is 5.26 Å². The molecule has 2 fully saturated rings. The van der Waals surface area contributed by atoms with Gasteiger partial charge in [0, 0.05) is 38.3 Å². The lowest BCUT2D eigenvalue weighted by atomic mass is 10.0. The molecule has 2 aliphatic rings. The first-order chi connectivity index (χ1) is 16.0. The average molecular weight is 517 g/mol. The number of ether oxygens (including phenoxy) is 2. The van der Waals surface area contributed by atoms with Crippen LogP contribution in [0.15, 0.2) is 33.8 Å². The molecule has 0 radical (unpaired) electrons. The maximum absolute atomic E-state index is 12.9. The second kappa shape index (κ2) is 10.3. The summed E-state index contributed by atoms with van der Waals surface area (Å²) >= 11 is 3.18. The number of carbonyl (C=O) groups is 1. The Kier molecular flexibility index (Phi) is 7.25. The van der Waals surface area contributed by atoms with E-state index in [0.717, 1.165) is 31.7 Å². The van der Waals surface area contributed by atoms with E-state index in [9.17, 15) is 9.59 Å². The Morgan fingerprint density at radius 2 is 2.03 bits per heavy atom. The molecule has 0 spiro atoms. The van der Waals surface area contributed by atoms with E-state index in [1.807, 2.05) is 17.9 Å². The SMILES string of the molecule is C[C@@H](CO[C@@H]1CCN(C2CCN(c3ccc(C#N)cn3)CC2)C1=O)Oc1cn[nH]c(=O)c1Br. The Labute approximate surface area is 199 Å². The molecule has 2 aromatic rings. The van der Waals surface area contributed by atoms with Gasteiger partial charge >= 0.3 is 0 Å². The maximum atomic E-state index is 12.9. The van der Waals surface area contributed by atoms with Crippen LogP contribution in [0.2, 0.25) is 0 Å². The fourth-order valence-electron chi connectivity index (χ4n) is 4.19. The van der Waals surface area contributed by atoms with E-state index < -0.39 is 6.10 Å². The van der Waals surface area contributed by atoms with Crippen LogP contribution in [0.1, 0.15) is 31.7 Å². The largest absolute Gasteiger partial charge is 0.485 e. The third-order valence-electron chi connectivity index (χ3n) is 5.92. The number of piperidine rings is 1. The summed E-state index contributed by atoms with van der Waals surface area (Å²) in [6.45, 7) is 4.35. The summed E-state index contributed by atoms with van der Waals surface area (Å²) in [7, 11) is 0. The zero-order chi connectivity index (χ0) is 23.4. The van der Waals surface area contributed by atoms with Crippen molar-refractivity contribution in [3.63, 3.8) is 0 Å². The fraction of sp³-hybridized carbons (Fsp3) is 0.500. The van der Waals surface area contributed by atoms with Crippen molar-refractivity contribution in [1.82, 2.24) is 20.1 Å². The highest BCUT2D eigenvalue weighted by Gasteiger charge is 2.38. The zero-order valence-electron chi connectivity index (χ0n) is 18.2. The van der Waals surface area contributed by atoms with Crippen LogP contribution in [0.25, 0.3) is 0 Å². The number of H-pyrrole nitrogens is 1. The summed E-state index contributed by atoms with van der Waals surface area (Å²) in [5.74, 6) is 1.21. The number of hydrogen-bond donors (Lipinski definition) is 1. The van der Waals surface area contributed by atoms with Crippen molar-refractivity contribution < 1.29 is 14.3 Å². The van der Waals surface area contributed by atoms with Crippen LogP contribution < -0.4 is 15.2 Å². The highest BCUT2D eigenvalue weighted by atomic mass is 79.9. The van der Waals surface area contributed by atoms with Crippen molar-refractivity contribution >= 4 is 27.7 Å². The molecule has 1 amide bonds.